The predicted molar refractivity (Wildman–Crippen MR) is 158 cm³/mol. The van der Waals surface area contributed by atoms with Gasteiger partial charge in [-0.2, -0.15) is 0 Å². The quantitative estimate of drug-likeness (QED) is 0.163. The zero-order valence-corrected chi connectivity index (χ0v) is 25.3. The van der Waals surface area contributed by atoms with E-state index < -0.39 is 55.9 Å². The molecule has 0 heterocycles. The van der Waals surface area contributed by atoms with Gasteiger partial charge >= 0.3 is 0 Å². The number of sulfone groups is 1. The van der Waals surface area contributed by atoms with Gasteiger partial charge in [-0.25, -0.2) is 21.6 Å². The number of ether oxygens (including phenoxy) is 1. The summed E-state index contributed by atoms with van der Waals surface area (Å²) in [5, 5.41) is 16.6. The molecule has 0 spiro atoms. The second-order valence-corrected chi connectivity index (χ2v) is 13.8. The van der Waals surface area contributed by atoms with E-state index in [0.29, 0.717) is 24.3 Å². The van der Waals surface area contributed by atoms with Crippen molar-refractivity contribution in [3.05, 3.63) is 88.2 Å². The Kier molecular flexibility index (Phi) is 8.97. The first-order valence-electron chi connectivity index (χ1n) is 13.8. The van der Waals surface area contributed by atoms with E-state index in [4.69, 9.17) is 21.2 Å². The van der Waals surface area contributed by atoms with Crippen molar-refractivity contribution in [2.24, 2.45) is 22.9 Å². The molecule has 2 N–H and O–H groups in total. The molecule has 44 heavy (non-hydrogen) atoms. The Morgan fingerprint density at radius 1 is 1.14 bits per heavy atom. The molecule has 5 rings (SSSR count). The fourth-order valence-corrected chi connectivity index (χ4v) is 9.32. The van der Waals surface area contributed by atoms with Crippen LogP contribution in [0.25, 0.3) is 0 Å². The van der Waals surface area contributed by atoms with Gasteiger partial charge in [0.15, 0.2) is 27.3 Å². The maximum absolute atomic E-state index is 14.1. The third-order valence-electron chi connectivity index (χ3n) is 8.38. The van der Waals surface area contributed by atoms with Gasteiger partial charge in [0.05, 0.1) is 28.5 Å². The minimum atomic E-state index is -4.11. The van der Waals surface area contributed by atoms with Gasteiger partial charge in [0.25, 0.3) is 5.91 Å². The van der Waals surface area contributed by atoms with Crippen molar-refractivity contribution in [3.8, 4) is 5.75 Å². The fraction of sp³-hybridized carbons (Fsp3) is 0.355. The summed E-state index contributed by atoms with van der Waals surface area (Å²) in [6.45, 7) is 2.05. The van der Waals surface area contributed by atoms with Crippen LogP contribution in [-0.4, -0.2) is 43.6 Å². The molecule has 0 aromatic heterocycles. The van der Waals surface area contributed by atoms with Crippen molar-refractivity contribution in [1.82, 2.24) is 0 Å². The number of rotatable bonds is 9. The molecule has 234 valence electrons. The predicted octanol–water partition coefficient (Wildman–Crippen LogP) is 6.16. The van der Waals surface area contributed by atoms with Crippen molar-refractivity contribution in [2.75, 3.05) is 12.4 Å². The molecular formula is C31H30ClF3N2O6S. The highest BCUT2D eigenvalue weighted by molar-refractivity contribution is 7.92. The Labute approximate surface area is 257 Å². The Morgan fingerprint density at radius 3 is 2.52 bits per heavy atom. The molecule has 0 radical (unpaired) electrons. The molecule has 2 unspecified atom stereocenters. The minimum Gasteiger partial charge on any atom is -0.496 e. The Morgan fingerprint density at radius 2 is 1.84 bits per heavy atom. The molecule has 13 heteroatoms. The average molecular weight is 651 g/mol. The number of amides is 1. The number of hydrogen-bond acceptors (Lipinski definition) is 7. The van der Waals surface area contributed by atoms with Crippen LogP contribution in [0.5, 0.6) is 5.75 Å². The van der Waals surface area contributed by atoms with E-state index in [0.717, 1.165) is 11.6 Å². The number of benzene rings is 3. The van der Waals surface area contributed by atoms with Gasteiger partial charge in [-0.05, 0) is 61.3 Å². The standard InChI is InChI=1S/C31H30ClF3N2O6S/c1-17-9-20-13-31(39,16-36-43-15-19-5-3-4-6-26(19)42-2)14-22(17)29(20)44(40,41)27-10-18(7-8-23(27)32)30(38)37-21-11-24(33)28(35)25(34)12-21/h3-8,10-12,16-17,20,22,29,39H,9,13-15H2,1-2H3,(H,37,38)/b36-16+/t17-,20-,22?,29?,31+/m0/s1. The summed E-state index contributed by atoms with van der Waals surface area (Å²) in [4.78, 5) is 18.0. The van der Waals surface area contributed by atoms with E-state index >= 15 is 0 Å². The number of carbonyl (C=O) groups excluding carboxylic acids is 1. The smallest absolute Gasteiger partial charge is 0.255 e. The number of anilines is 1. The normalized spacial score (nSPS) is 24.8. The van der Waals surface area contributed by atoms with Crippen LogP contribution in [-0.2, 0) is 21.3 Å². The molecule has 8 nitrogen and oxygen atoms in total. The van der Waals surface area contributed by atoms with Crippen LogP contribution in [0.15, 0.2) is 64.6 Å². The number of aliphatic hydroxyl groups is 1. The molecule has 2 aliphatic rings. The first-order chi connectivity index (χ1) is 20.8. The number of nitrogens with zero attached hydrogens (tertiary/aromatic N) is 1. The number of nitrogens with one attached hydrogen (secondary N) is 1. The number of methoxy groups -OCH3 is 1. The third kappa shape index (κ3) is 6.29. The summed E-state index contributed by atoms with van der Waals surface area (Å²) >= 11 is 6.34. The lowest BCUT2D eigenvalue weighted by Crippen LogP contribution is -2.47. The van der Waals surface area contributed by atoms with E-state index in [1.54, 1.807) is 13.2 Å². The van der Waals surface area contributed by atoms with Gasteiger partial charge in [0.1, 0.15) is 18.0 Å². The van der Waals surface area contributed by atoms with Gasteiger partial charge in [-0.1, -0.05) is 41.9 Å². The summed E-state index contributed by atoms with van der Waals surface area (Å²) in [6.07, 6.45) is 2.11. The molecule has 0 aliphatic heterocycles. The monoisotopic (exact) mass is 650 g/mol. The Hall–Kier alpha value is -3.61. The van der Waals surface area contributed by atoms with Crippen molar-refractivity contribution in [1.29, 1.82) is 0 Å². The second-order valence-electron chi connectivity index (χ2n) is 11.3. The summed E-state index contributed by atoms with van der Waals surface area (Å²) in [5.41, 5.74) is -1.10. The molecule has 0 saturated heterocycles. The summed E-state index contributed by atoms with van der Waals surface area (Å²) in [6, 6.07) is 12.1. The van der Waals surface area contributed by atoms with Crippen LogP contribution in [0.3, 0.4) is 0 Å². The topological polar surface area (TPSA) is 114 Å². The number of fused-ring (bicyclic) bond motifs is 2. The number of hydrogen-bond donors (Lipinski definition) is 2. The first-order valence-corrected chi connectivity index (χ1v) is 15.8. The molecular weight excluding hydrogens is 621 g/mol. The molecule has 2 fully saturated rings. The van der Waals surface area contributed by atoms with Crippen LogP contribution in [0.4, 0.5) is 18.9 Å². The fourth-order valence-electron chi connectivity index (χ4n) is 6.42. The van der Waals surface area contributed by atoms with E-state index in [2.05, 4.69) is 10.5 Å². The number of halogens is 4. The SMILES string of the molecule is COc1ccccc1CO/N=C/[C@]1(O)CC2C(S(=O)(=O)c3cc(C(=O)Nc4cc(F)c(F)c(F)c4)ccc3Cl)[C@@H](C[C@@H]2C)C1. The zero-order valence-electron chi connectivity index (χ0n) is 23.8. The van der Waals surface area contributed by atoms with Crippen LogP contribution in [0, 0.1) is 35.2 Å². The van der Waals surface area contributed by atoms with Gasteiger partial charge < -0.3 is 20.0 Å². The lowest BCUT2D eigenvalue weighted by molar-refractivity contribution is 0.0382. The molecule has 2 bridgehead atoms. The van der Waals surface area contributed by atoms with Crippen molar-refractivity contribution in [3.63, 3.8) is 0 Å². The maximum Gasteiger partial charge on any atom is 0.255 e. The number of oxime groups is 1. The van der Waals surface area contributed by atoms with Gasteiger partial charge in [0.2, 0.25) is 0 Å². The Bertz CT molecular complexity index is 1700. The van der Waals surface area contributed by atoms with Crippen LogP contribution in [0.2, 0.25) is 5.02 Å². The highest BCUT2D eigenvalue weighted by atomic mass is 35.5. The molecule has 5 atom stereocenters. The third-order valence-corrected chi connectivity index (χ3v) is 11.2. The van der Waals surface area contributed by atoms with Crippen LogP contribution < -0.4 is 10.1 Å². The lowest BCUT2D eigenvalue weighted by Gasteiger charge is -2.39. The summed E-state index contributed by atoms with van der Waals surface area (Å²) in [5.74, 6) is -5.81. The summed E-state index contributed by atoms with van der Waals surface area (Å²) in [7, 11) is -2.56. The molecule has 1 amide bonds. The van der Waals surface area contributed by atoms with E-state index in [1.165, 1.54) is 18.3 Å². The van der Waals surface area contributed by atoms with Gasteiger partial charge in [-0.3, -0.25) is 4.79 Å². The van der Waals surface area contributed by atoms with E-state index in [-0.39, 0.29) is 46.5 Å². The number of para-hydroxylation sites is 1. The van der Waals surface area contributed by atoms with Crippen molar-refractivity contribution in [2.45, 2.75) is 48.5 Å². The van der Waals surface area contributed by atoms with E-state index in [1.807, 2.05) is 25.1 Å². The summed E-state index contributed by atoms with van der Waals surface area (Å²) < 4.78 is 74.0. The van der Waals surface area contributed by atoms with Crippen molar-refractivity contribution >= 4 is 39.2 Å². The van der Waals surface area contributed by atoms with Crippen LogP contribution in [0.1, 0.15) is 42.1 Å². The highest BCUT2D eigenvalue weighted by Crippen LogP contribution is 2.53. The van der Waals surface area contributed by atoms with E-state index in [9.17, 15) is 31.5 Å². The Balaban J connectivity index is 1.33. The highest BCUT2D eigenvalue weighted by Gasteiger charge is 2.56. The lowest BCUT2D eigenvalue weighted by atomic mass is 9.77. The van der Waals surface area contributed by atoms with Crippen LogP contribution >= 0.6 is 11.6 Å². The molecule has 3 aromatic rings. The largest absolute Gasteiger partial charge is 0.496 e. The minimum absolute atomic E-state index is 0.0368. The second kappa shape index (κ2) is 12.4. The van der Waals surface area contributed by atoms with Crippen molar-refractivity contribution < 1.29 is 41.1 Å². The molecule has 2 aliphatic carbocycles. The zero-order chi connectivity index (χ0) is 31.8. The maximum atomic E-state index is 14.1. The van der Waals surface area contributed by atoms with Gasteiger partial charge in [-0.15, -0.1) is 0 Å². The number of carbonyl (C=O) groups is 1. The molecule has 2 saturated carbocycles. The average Bonchev–Trinajstić information content (AvgIpc) is 3.20. The first kappa shape index (κ1) is 31.8. The molecule has 3 aromatic carbocycles. The van der Waals surface area contributed by atoms with Gasteiger partial charge in [0, 0.05) is 28.9 Å².